The number of hydrogen-bond donors (Lipinski definition) is 1. The second-order valence-electron chi connectivity index (χ2n) is 5.21. The van der Waals surface area contributed by atoms with Crippen molar-refractivity contribution in [3.05, 3.63) is 56.8 Å². The van der Waals surface area contributed by atoms with Gasteiger partial charge in [0, 0.05) is 17.7 Å². The highest BCUT2D eigenvalue weighted by Crippen LogP contribution is 2.36. The summed E-state index contributed by atoms with van der Waals surface area (Å²) in [6, 6.07) is 5.58. The van der Waals surface area contributed by atoms with Crippen LogP contribution in [-0.4, -0.2) is 24.5 Å². The molecule has 0 bridgehead atoms. The lowest BCUT2D eigenvalue weighted by Crippen LogP contribution is -2.14. The summed E-state index contributed by atoms with van der Waals surface area (Å²) >= 11 is 6.15. The molecule has 138 valence electrons. The Hall–Kier alpha value is -2.87. The van der Waals surface area contributed by atoms with Gasteiger partial charge in [0.15, 0.2) is 11.5 Å². The van der Waals surface area contributed by atoms with Gasteiger partial charge in [-0.2, -0.15) is 0 Å². The Kier molecular flexibility index (Phi) is 6.35. The number of ether oxygens (including phenoxy) is 2. The number of nitro groups is 1. The highest BCUT2D eigenvalue weighted by molar-refractivity contribution is 6.32. The molecule has 26 heavy (non-hydrogen) atoms. The largest absolute Gasteiger partial charge is 0.493 e. The number of rotatable bonds is 7. The molecule has 1 amide bonds. The van der Waals surface area contributed by atoms with E-state index in [0.717, 1.165) is 24.6 Å². The molecule has 0 aliphatic heterocycles. The van der Waals surface area contributed by atoms with E-state index in [9.17, 15) is 19.3 Å². The van der Waals surface area contributed by atoms with Gasteiger partial charge >= 0.3 is 0 Å². The molecule has 0 saturated carbocycles. The monoisotopic (exact) mass is 382 g/mol. The summed E-state index contributed by atoms with van der Waals surface area (Å²) in [5.41, 5.74) is -0.576. The molecular weight excluding hydrogens is 367 g/mol. The van der Waals surface area contributed by atoms with Crippen LogP contribution in [-0.2, 0) is 0 Å². The van der Waals surface area contributed by atoms with Gasteiger partial charge in [0.25, 0.3) is 11.6 Å². The molecule has 0 radical (unpaired) electrons. The number of hydrogen-bond acceptors (Lipinski definition) is 5. The van der Waals surface area contributed by atoms with Crippen LogP contribution in [0.5, 0.6) is 11.5 Å². The molecule has 9 heteroatoms. The first kappa shape index (κ1) is 19.5. The minimum absolute atomic E-state index is 0.0848. The number of amides is 1. The van der Waals surface area contributed by atoms with Crippen molar-refractivity contribution in [2.45, 2.75) is 13.3 Å². The van der Waals surface area contributed by atoms with Crippen molar-refractivity contribution in [2.75, 3.05) is 19.0 Å². The van der Waals surface area contributed by atoms with Crippen molar-refractivity contribution in [3.8, 4) is 11.5 Å². The zero-order valence-electron chi connectivity index (χ0n) is 14.0. The number of halogens is 2. The number of nitrogens with one attached hydrogen (secondary N) is 1. The summed E-state index contributed by atoms with van der Waals surface area (Å²) in [7, 11) is 1.40. The number of carbonyl (C=O) groups excluding carboxylic acids is 1. The molecule has 0 saturated heterocycles. The number of benzene rings is 2. The average molecular weight is 383 g/mol. The van der Waals surface area contributed by atoms with Gasteiger partial charge in [-0.05, 0) is 24.6 Å². The fourth-order valence-electron chi connectivity index (χ4n) is 2.11. The zero-order valence-corrected chi connectivity index (χ0v) is 14.8. The first-order valence-electron chi connectivity index (χ1n) is 7.63. The molecule has 0 fully saturated rings. The van der Waals surface area contributed by atoms with Crippen molar-refractivity contribution in [1.29, 1.82) is 0 Å². The Labute approximate surface area is 153 Å². The van der Waals surface area contributed by atoms with E-state index in [4.69, 9.17) is 21.1 Å². The van der Waals surface area contributed by atoms with Crippen LogP contribution in [0.25, 0.3) is 0 Å². The minimum atomic E-state index is -0.801. The fraction of sp³-hybridized carbons (Fsp3) is 0.235. The third-order valence-electron chi connectivity index (χ3n) is 3.35. The second-order valence-corrected chi connectivity index (χ2v) is 5.62. The molecule has 0 heterocycles. The summed E-state index contributed by atoms with van der Waals surface area (Å²) in [5, 5.41) is 13.2. The van der Waals surface area contributed by atoms with Crippen LogP contribution >= 0.6 is 11.6 Å². The van der Waals surface area contributed by atoms with Crippen molar-refractivity contribution in [2.24, 2.45) is 0 Å². The fourth-order valence-corrected chi connectivity index (χ4v) is 2.38. The van der Waals surface area contributed by atoms with Crippen LogP contribution in [0, 0.1) is 15.9 Å². The Morgan fingerprint density at radius 2 is 2.08 bits per heavy atom. The van der Waals surface area contributed by atoms with E-state index < -0.39 is 16.6 Å². The average Bonchev–Trinajstić information content (AvgIpc) is 2.61. The van der Waals surface area contributed by atoms with Crippen LogP contribution in [0.2, 0.25) is 5.02 Å². The van der Waals surface area contributed by atoms with Gasteiger partial charge in [0.1, 0.15) is 5.82 Å². The first-order chi connectivity index (χ1) is 12.4. The summed E-state index contributed by atoms with van der Waals surface area (Å²) < 4.78 is 24.5. The molecule has 2 rings (SSSR count). The lowest BCUT2D eigenvalue weighted by molar-refractivity contribution is -0.384. The molecule has 0 unspecified atom stereocenters. The van der Waals surface area contributed by atoms with Crippen molar-refractivity contribution in [3.63, 3.8) is 0 Å². The molecule has 0 spiro atoms. The van der Waals surface area contributed by atoms with Crippen molar-refractivity contribution in [1.82, 2.24) is 0 Å². The van der Waals surface area contributed by atoms with E-state index in [0.29, 0.717) is 12.4 Å². The molecule has 7 nitrogen and oxygen atoms in total. The number of non-ortho nitro benzene ring substituents is 1. The molecule has 0 atom stereocenters. The zero-order chi connectivity index (χ0) is 19.3. The lowest BCUT2D eigenvalue weighted by atomic mass is 10.1. The Balaban J connectivity index is 2.31. The summed E-state index contributed by atoms with van der Waals surface area (Å²) in [4.78, 5) is 22.5. The van der Waals surface area contributed by atoms with E-state index in [-0.39, 0.29) is 27.7 Å². The predicted octanol–water partition coefficient (Wildman–Crippen LogP) is 4.44. The maximum Gasteiger partial charge on any atom is 0.271 e. The van der Waals surface area contributed by atoms with Gasteiger partial charge in [-0.25, -0.2) is 4.39 Å². The second kappa shape index (κ2) is 8.48. The molecule has 2 aromatic carbocycles. The summed E-state index contributed by atoms with van der Waals surface area (Å²) in [5.74, 6) is -0.957. The summed E-state index contributed by atoms with van der Waals surface area (Å²) in [6.45, 7) is 2.34. The van der Waals surface area contributed by atoms with Crippen LogP contribution in [0.3, 0.4) is 0 Å². The number of carbonyl (C=O) groups is 1. The van der Waals surface area contributed by atoms with E-state index in [1.165, 1.54) is 19.2 Å². The Morgan fingerprint density at radius 1 is 1.35 bits per heavy atom. The number of methoxy groups -OCH3 is 1. The maximum atomic E-state index is 13.8. The molecule has 0 aliphatic carbocycles. The maximum absolute atomic E-state index is 13.8. The highest BCUT2D eigenvalue weighted by Gasteiger charge is 2.18. The smallest absolute Gasteiger partial charge is 0.271 e. The van der Waals surface area contributed by atoms with E-state index >= 15 is 0 Å². The first-order valence-corrected chi connectivity index (χ1v) is 8.00. The molecule has 0 aliphatic rings. The molecule has 1 N–H and O–H groups in total. The summed E-state index contributed by atoms with van der Waals surface area (Å²) in [6.07, 6.45) is 0.758. The van der Waals surface area contributed by atoms with Crippen LogP contribution < -0.4 is 14.8 Å². The van der Waals surface area contributed by atoms with Gasteiger partial charge in [-0.15, -0.1) is 0 Å². The topological polar surface area (TPSA) is 90.7 Å². The third-order valence-corrected chi connectivity index (χ3v) is 3.63. The van der Waals surface area contributed by atoms with Gasteiger partial charge in [0.2, 0.25) is 0 Å². The molecular formula is C17H16ClFN2O5. The van der Waals surface area contributed by atoms with Crippen LogP contribution in [0.4, 0.5) is 15.8 Å². The minimum Gasteiger partial charge on any atom is -0.493 e. The van der Waals surface area contributed by atoms with Crippen LogP contribution in [0.15, 0.2) is 30.3 Å². The van der Waals surface area contributed by atoms with Crippen LogP contribution in [0.1, 0.15) is 23.7 Å². The van der Waals surface area contributed by atoms with Crippen molar-refractivity contribution < 1.29 is 23.6 Å². The number of nitrogens with zero attached hydrogens (tertiary/aromatic N) is 1. The number of nitro benzene ring substituents is 1. The quantitative estimate of drug-likeness (QED) is 0.564. The standard InChI is InChI=1S/C17H16ClFN2O5/c1-3-6-26-16-12(18)7-10(8-15(16)25-2)17(22)20-14-9-11(21(23)24)4-5-13(14)19/h4-5,7-9H,3,6H2,1-2H3,(H,20,22). The van der Waals surface area contributed by atoms with Gasteiger partial charge in [-0.3, -0.25) is 14.9 Å². The van der Waals surface area contributed by atoms with E-state index in [1.807, 2.05) is 6.92 Å². The molecule has 2 aromatic rings. The SMILES string of the molecule is CCCOc1c(Cl)cc(C(=O)Nc2cc([N+](=O)[O-])ccc2F)cc1OC. The highest BCUT2D eigenvalue weighted by atomic mass is 35.5. The normalized spacial score (nSPS) is 10.3. The predicted molar refractivity (Wildman–Crippen MR) is 94.8 cm³/mol. The Morgan fingerprint density at radius 3 is 2.69 bits per heavy atom. The molecule has 0 aromatic heterocycles. The van der Waals surface area contributed by atoms with Gasteiger partial charge in [0.05, 0.1) is 29.4 Å². The third kappa shape index (κ3) is 4.40. The Bertz CT molecular complexity index is 844. The van der Waals surface area contributed by atoms with Gasteiger partial charge < -0.3 is 14.8 Å². The number of anilines is 1. The lowest BCUT2D eigenvalue weighted by Gasteiger charge is -2.14. The van der Waals surface area contributed by atoms with E-state index in [1.54, 1.807) is 0 Å². The van der Waals surface area contributed by atoms with E-state index in [2.05, 4.69) is 5.32 Å². The van der Waals surface area contributed by atoms with Crippen molar-refractivity contribution >= 4 is 28.9 Å². The van der Waals surface area contributed by atoms with Gasteiger partial charge in [-0.1, -0.05) is 18.5 Å².